The van der Waals surface area contributed by atoms with E-state index in [-0.39, 0.29) is 6.03 Å². The second kappa shape index (κ2) is 5.58. The van der Waals surface area contributed by atoms with Crippen LogP contribution in [0.15, 0.2) is 21.2 Å². The summed E-state index contributed by atoms with van der Waals surface area (Å²) in [4.78, 5) is 14.0. The van der Waals surface area contributed by atoms with Crippen molar-refractivity contribution in [1.82, 2.24) is 4.90 Å². The van der Waals surface area contributed by atoms with Crippen LogP contribution in [-0.4, -0.2) is 23.5 Å². The number of anilines is 1. The molecule has 5 heteroatoms. The largest absolute Gasteiger partial charge is 0.434 e. The van der Waals surface area contributed by atoms with Crippen molar-refractivity contribution in [2.45, 2.75) is 38.6 Å². The molecule has 0 aromatic carbocycles. The quantitative estimate of drug-likeness (QED) is 0.902. The zero-order valence-corrected chi connectivity index (χ0v) is 11.5. The number of urea groups is 1. The van der Waals surface area contributed by atoms with Crippen molar-refractivity contribution in [1.29, 1.82) is 0 Å². The number of halogens is 1. The summed E-state index contributed by atoms with van der Waals surface area (Å²) in [7, 11) is 0. The molecule has 4 nitrogen and oxygen atoms in total. The van der Waals surface area contributed by atoms with Crippen LogP contribution < -0.4 is 5.32 Å². The van der Waals surface area contributed by atoms with Gasteiger partial charge in [0, 0.05) is 18.7 Å². The van der Waals surface area contributed by atoms with Crippen LogP contribution in [0.5, 0.6) is 0 Å². The predicted octanol–water partition coefficient (Wildman–Crippen LogP) is 3.84. The highest BCUT2D eigenvalue weighted by Gasteiger charge is 2.25. The van der Waals surface area contributed by atoms with Gasteiger partial charge >= 0.3 is 6.03 Å². The summed E-state index contributed by atoms with van der Waals surface area (Å²) in [6.45, 7) is 2.96. The van der Waals surface area contributed by atoms with Gasteiger partial charge in [-0.25, -0.2) is 4.79 Å². The third-order valence-corrected chi connectivity index (χ3v) is 3.59. The first kappa shape index (κ1) is 12.5. The highest BCUT2D eigenvalue weighted by molar-refractivity contribution is 9.10. The average Bonchev–Trinajstić information content (AvgIpc) is 2.74. The highest BCUT2D eigenvalue weighted by Crippen LogP contribution is 2.22. The average molecular weight is 301 g/mol. The van der Waals surface area contributed by atoms with Gasteiger partial charge in [-0.15, -0.1) is 0 Å². The normalized spacial score (nSPS) is 20.4. The molecular weight excluding hydrogens is 284 g/mol. The number of nitrogens with one attached hydrogen (secondary N) is 1. The first-order valence-electron chi connectivity index (χ1n) is 6.03. The van der Waals surface area contributed by atoms with Gasteiger partial charge in [-0.3, -0.25) is 5.32 Å². The summed E-state index contributed by atoms with van der Waals surface area (Å²) < 4.78 is 5.90. The van der Waals surface area contributed by atoms with Crippen molar-refractivity contribution < 1.29 is 9.21 Å². The number of carbonyl (C=O) groups is 1. The van der Waals surface area contributed by atoms with E-state index in [4.69, 9.17) is 4.42 Å². The maximum absolute atomic E-state index is 12.1. The zero-order valence-electron chi connectivity index (χ0n) is 9.91. The SMILES string of the molecule is CCC1CCCCN1C(=O)Nc1ccc(Br)o1. The molecule has 1 aliphatic heterocycles. The molecule has 1 aromatic heterocycles. The second-order valence-electron chi connectivity index (χ2n) is 4.29. The molecule has 2 rings (SSSR count). The fourth-order valence-electron chi connectivity index (χ4n) is 2.25. The number of likely N-dealkylation sites (tertiary alicyclic amines) is 1. The number of furan rings is 1. The maximum atomic E-state index is 12.1. The van der Waals surface area contributed by atoms with E-state index in [1.54, 1.807) is 12.1 Å². The molecule has 0 bridgehead atoms. The fraction of sp³-hybridized carbons (Fsp3) is 0.583. The Balaban J connectivity index is 1.98. The number of hydrogen-bond donors (Lipinski definition) is 1. The number of hydrogen-bond acceptors (Lipinski definition) is 2. The van der Waals surface area contributed by atoms with Crippen LogP contribution in [0.4, 0.5) is 10.7 Å². The number of piperidine rings is 1. The van der Waals surface area contributed by atoms with Crippen LogP contribution in [0.25, 0.3) is 0 Å². The molecule has 0 saturated carbocycles. The Kier molecular flexibility index (Phi) is 4.10. The smallest absolute Gasteiger partial charge is 0.324 e. The monoisotopic (exact) mass is 300 g/mol. The standard InChI is InChI=1S/C12H17BrN2O2/c1-2-9-5-3-4-8-15(9)12(16)14-11-7-6-10(13)17-11/h6-7,9H,2-5,8H2,1H3,(H,14,16). The molecule has 2 heterocycles. The van der Waals surface area contributed by atoms with Gasteiger partial charge in [0.15, 0.2) is 4.67 Å². The van der Waals surface area contributed by atoms with Crippen molar-refractivity contribution >= 4 is 27.8 Å². The summed E-state index contributed by atoms with van der Waals surface area (Å²) in [5, 5.41) is 2.79. The van der Waals surface area contributed by atoms with Gasteiger partial charge in [-0.1, -0.05) is 6.92 Å². The molecule has 1 saturated heterocycles. The topological polar surface area (TPSA) is 45.5 Å². The predicted molar refractivity (Wildman–Crippen MR) is 70.1 cm³/mol. The Morgan fingerprint density at radius 3 is 3.06 bits per heavy atom. The lowest BCUT2D eigenvalue weighted by Crippen LogP contribution is -2.45. The van der Waals surface area contributed by atoms with E-state index >= 15 is 0 Å². The van der Waals surface area contributed by atoms with E-state index in [1.165, 1.54) is 6.42 Å². The van der Waals surface area contributed by atoms with Crippen molar-refractivity contribution in [3.8, 4) is 0 Å². The minimum Gasteiger partial charge on any atom is -0.434 e. The Hall–Kier alpha value is -0.970. The molecule has 1 atom stereocenters. The minimum absolute atomic E-state index is 0.0570. The molecule has 17 heavy (non-hydrogen) atoms. The lowest BCUT2D eigenvalue weighted by Gasteiger charge is -2.34. The van der Waals surface area contributed by atoms with E-state index in [9.17, 15) is 4.79 Å². The van der Waals surface area contributed by atoms with Gasteiger partial charge < -0.3 is 9.32 Å². The van der Waals surface area contributed by atoms with Crippen LogP contribution in [0.3, 0.4) is 0 Å². The lowest BCUT2D eigenvalue weighted by atomic mass is 10.0. The van der Waals surface area contributed by atoms with Gasteiger partial charge in [0.2, 0.25) is 5.88 Å². The molecule has 1 fully saturated rings. The van der Waals surface area contributed by atoms with Gasteiger partial charge in [0.05, 0.1) is 0 Å². The number of nitrogens with zero attached hydrogens (tertiary/aromatic N) is 1. The van der Waals surface area contributed by atoms with Crippen molar-refractivity contribution in [3.63, 3.8) is 0 Å². The summed E-state index contributed by atoms with van der Waals surface area (Å²) in [5.74, 6) is 0.488. The lowest BCUT2D eigenvalue weighted by molar-refractivity contribution is 0.160. The Labute approximate surface area is 109 Å². The van der Waals surface area contributed by atoms with E-state index < -0.39 is 0 Å². The molecule has 0 radical (unpaired) electrons. The second-order valence-corrected chi connectivity index (χ2v) is 5.07. The number of carbonyl (C=O) groups excluding carboxylic acids is 1. The van der Waals surface area contributed by atoms with Crippen LogP contribution >= 0.6 is 15.9 Å². The fourth-order valence-corrected chi connectivity index (χ4v) is 2.56. The van der Waals surface area contributed by atoms with E-state index in [2.05, 4.69) is 28.2 Å². The summed E-state index contributed by atoms with van der Waals surface area (Å²) in [6, 6.07) is 3.82. The summed E-state index contributed by atoms with van der Waals surface area (Å²) in [6.07, 6.45) is 4.42. The third kappa shape index (κ3) is 3.03. The molecular formula is C12H17BrN2O2. The Bertz CT molecular complexity index is 392. The van der Waals surface area contributed by atoms with Crippen molar-refractivity contribution in [2.75, 3.05) is 11.9 Å². The molecule has 1 unspecified atom stereocenters. The summed E-state index contributed by atoms with van der Waals surface area (Å²) in [5.41, 5.74) is 0. The molecule has 1 N–H and O–H groups in total. The molecule has 2 amide bonds. The molecule has 0 aliphatic carbocycles. The maximum Gasteiger partial charge on any atom is 0.324 e. The first-order valence-corrected chi connectivity index (χ1v) is 6.83. The van der Waals surface area contributed by atoms with E-state index in [1.807, 2.05) is 4.90 Å². The van der Waals surface area contributed by atoms with Crippen LogP contribution in [0.2, 0.25) is 0 Å². The number of rotatable bonds is 2. The highest BCUT2D eigenvalue weighted by atomic mass is 79.9. The Morgan fingerprint density at radius 1 is 1.59 bits per heavy atom. The van der Waals surface area contributed by atoms with Crippen molar-refractivity contribution in [2.24, 2.45) is 0 Å². The van der Waals surface area contributed by atoms with E-state index in [0.29, 0.717) is 16.6 Å². The van der Waals surface area contributed by atoms with Gasteiger partial charge in [-0.05, 0) is 47.7 Å². The van der Waals surface area contributed by atoms with Crippen LogP contribution in [0.1, 0.15) is 32.6 Å². The van der Waals surface area contributed by atoms with Gasteiger partial charge in [0.1, 0.15) is 0 Å². The van der Waals surface area contributed by atoms with Crippen molar-refractivity contribution in [3.05, 3.63) is 16.8 Å². The van der Waals surface area contributed by atoms with E-state index in [0.717, 1.165) is 25.8 Å². The minimum atomic E-state index is -0.0570. The Morgan fingerprint density at radius 2 is 2.41 bits per heavy atom. The molecule has 1 aliphatic rings. The number of amides is 2. The first-order chi connectivity index (χ1) is 8.20. The van der Waals surface area contributed by atoms with Gasteiger partial charge in [0.25, 0.3) is 0 Å². The molecule has 0 spiro atoms. The van der Waals surface area contributed by atoms with Crippen LogP contribution in [0, 0.1) is 0 Å². The molecule has 1 aromatic rings. The summed E-state index contributed by atoms with van der Waals surface area (Å²) >= 11 is 3.21. The molecule has 94 valence electrons. The third-order valence-electron chi connectivity index (χ3n) is 3.16. The zero-order chi connectivity index (χ0) is 12.3. The van der Waals surface area contributed by atoms with Crippen LogP contribution in [-0.2, 0) is 0 Å². The van der Waals surface area contributed by atoms with Gasteiger partial charge in [-0.2, -0.15) is 0 Å².